The van der Waals surface area contributed by atoms with Crippen LogP contribution in [0.2, 0.25) is 5.02 Å². The molecule has 0 saturated heterocycles. The summed E-state index contributed by atoms with van der Waals surface area (Å²) in [5.74, 6) is 0.524. The molecular formula is C12H11BrClNO3S2. The zero-order valence-electron chi connectivity index (χ0n) is 10.4. The van der Waals surface area contributed by atoms with Crippen molar-refractivity contribution >= 4 is 54.6 Å². The van der Waals surface area contributed by atoms with E-state index in [2.05, 4.69) is 20.7 Å². The van der Waals surface area contributed by atoms with Gasteiger partial charge in [-0.1, -0.05) is 11.6 Å². The maximum absolute atomic E-state index is 12.1. The molecular weight excluding hydrogens is 386 g/mol. The van der Waals surface area contributed by atoms with E-state index < -0.39 is 10.0 Å². The fourth-order valence-corrected chi connectivity index (χ4v) is 4.78. The van der Waals surface area contributed by atoms with Crippen LogP contribution in [0.25, 0.3) is 0 Å². The van der Waals surface area contributed by atoms with Crippen LogP contribution >= 0.6 is 38.9 Å². The lowest BCUT2D eigenvalue weighted by Crippen LogP contribution is -2.11. The average molecular weight is 397 g/mol. The first kappa shape index (κ1) is 15.6. The fourth-order valence-electron chi connectivity index (χ4n) is 1.48. The predicted octanol–water partition coefficient (Wildman–Crippen LogP) is 4.36. The SMILES string of the molecule is CCOc1ccc(NS(=O)(=O)c2ccc(Br)s2)cc1Cl. The summed E-state index contributed by atoms with van der Waals surface area (Å²) >= 11 is 10.4. The lowest BCUT2D eigenvalue weighted by Gasteiger charge is -2.09. The molecule has 0 unspecified atom stereocenters. The molecule has 0 aliphatic rings. The van der Waals surface area contributed by atoms with E-state index >= 15 is 0 Å². The fraction of sp³-hybridized carbons (Fsp3) is 0.167. The van der Waals surface area contributed by atoms with Gasteiger partial charge in [0, 0.05) is 0 Å². The van der Waals surface area contributed by atoms with Gasteiger partial charge in [0.2, 0.25) is 0 Å². The van der Waals surface area contributed by atoms with Crippen LogP contribution in [0.15, 0.2) is 38.3 Å². The zero-order valence-corrected chi connectivity index (χ0v) is 14.4. The summed E-state index contributed by atoms with van der Waals surface area (Å²) in [6.45, 7) is 2.34. The summed E-state index contributed by atoms with van der Waals surface area (Å²) in [7, 11) is -3.60. The minimum Gasteiger partial charge on any atom is -0.492 e. The van der Waals surface area contributed by atoms with E-state index in [1.54, 1.807) is 18.2 Å². The topological polar surface area (TPSA) is 55.4 Å². The van der Waals surface area contributed by atoms with Gasteiger partial charge in [0.1, 0.15) is 9.96 Å². The van der Waals surface area contributed by atoms with Crippen molar-refractivity contribution in [3.05, 3.63) is 39.1 Å². The maximum atomic E-state index is 12.1. The average Bonchev–Trinajstić information content (AvgIpc) is 2.80. The van der Waals surface area contributed by atoms with Crippen LogP contribution in [0.1, 0.15) is 6.92 Å². The van der Waals surface area contributed by atoms with Gasteiger partial charge in [-0.3, -0.25) is 4.72 Å². The highest BCUT2D eigenvalue weighted by molar-refractivity contribution is 9.11. The monoisotopic (exact) mass is 395 g/mol. The van der Waals surface area contributed by atoms with Gasteiger partial charge in [-0.15, -0.1) is 11.3 Å². The molecule has 0 spiro atoms. The standard InChI is InChI=1S/C12H11BrClNO3S2/c1-2-18-10-4-3-8(7-9(10)14)15-20(16,17)12-6-5-11(13)19-12/h3-7,15H,2H2,1H3. The lowest BCUT2D eigenvalue weighted by atomic mass is 10.3. The van der Waals surface area contributed by atoms with Gasteiger partial charge in [-0.25, -0.2) is 8.42 Å². The van der Waals surface area contributed by atoms with Crippen LogP contribution in [-0.4, -0.2) is 15.0 Å². The van der Waals surface area contributed by atoms with E-state index in [0.29, 0.717) is 23.1 Å². The van der Waals surface area contributed by atoms with Gasteiger partial charge in [0.05, 0.1) is 21.1 Å². The van der Waals surface area contributed by atoms with Crippen molar-refractivity contribution in [2.45, 2.75) is 11.1 Å². The number of sulfonamides is 1. The number of thiophene rings is 1. The second kappa shape index (κ2) is 6.34. The van der Waals surface area contributed by atoms with Crippen molar-refractivity contribution in [2.24, 2.45) is 0 Å². The third kappa shape index (κ3) is 3.66. The predicted molar refractivity (Wildman–Crippen MR) is 85.4 cm³/mol. The van der Waals surface area contributed by atoms with Crippen LogP contribution in [0, 0.1) is 0 Å². The number of benzene rings is 1. The minimum atomic E-state index is -3.60. The smallest absolute Gasteiger partial charge is 0.271 e. The quantitative estimate of drug-likeness (QED) is 0.817. The number of rotatable bonds is 5. The Labute approximate surface area is 134 Å². The molecule has 0 atom stereocenters. The van der Waals surface area contributed by atoms with Crippen molar-refractivity contribution in [3.63, 3.8) is 0 Å². The van der Waals surface area contributed by atoms with Gasteiger partial charge >= 0.3 is 0 Å². The second-order valence-corrected chi connectivity index (χ2v) is 8.52. The highest BCUT2D eigenvalue weighted by Crippen LogP contribution is 2.31. The van der Waals surface area contributed by atoms with Crippen LogP contribution in [0.5, 0.6) is 5.75 Å². The van der Waals surface area contributed by atoms with Crippen molar-refractivity contribution in [3.8, 4) is 5.75 Å². The highest BCUT2D eigenvalue weighted by Gasteiger charge is 2.17. The first-order chi connectivity index (χ1) is 9.42. The number of anilines is 1. The molecule has 0 fully saturated rings. The Bertz CT molecular complexity index is 715. The Morgan fingerprint density at radius 1 is 1.35 bits per heavy atom. The number of halogens is 2. The largest absolute Gasteiger partial charge is 0.492 e. The van der Waals surface area contributed by atoms with E-state index in [0.717, 1.165) is 15.1 Å². The van der Waals surface area contributed by atoms with E-state index in [1.807, 2.05) is 6.92 Å². The molecule has 8 heteroatoms. The maximum Gasteiger partial charge on any atom is 0.271 e. The number of hydrogen-bond acceptors (Lipinski definition) is 4. The molecule has 4 nitrogen and oxygen atoms in total. The van der Waals surface area contributed by atoms with E-state index in [1.165, 1.54) is 12.1 Å². The molecule has 108 valence electrons. The summed E-state index contributed by atoms with van der Waals surface area (Å²) in [6, 6.07) is 7.98. The van der Waals surface area contributed by atoms with Crippen molar-refractivity contribution in [1.82, 2.24) is 0 Å². The number of hydrogen-bond donors (Lipinski definition) is 1. The van der Waals surface area contributed by atoms with E-state index in [9.17, 15) is 8.42 Å². The normalized spacial score (nSPS) is 11.3. The molecule has 1 N–H and O–H groups in total. The molecule has 1 aromatic heterocycles. The van der Waals surface area contributed by atoms with Crippen molar-refractivity contribution in [1.29, 1.82) is 0 Å². The third-order valence-electron chi connectivity index (χ3n) is 2.30. The van der Waals surface area contributed by atoms with Gasteiger partial charge in [-0.2, -0.15) is 0 Å². The number of nitrogens with one attached hydrogen (secondary N) is 1. The Morgan fingerprint density at radius 3 is 2.65 bits per heavy atom. The minimum absolute atomic E-state index is 0.231. The molecule has 0 aliphatic heterocycles. The molecule has 1 aromatic carbocycles. The molecule has 0 radical (unpaired) electrons. The first-order valence-electron chi connectivity index (χ1n) is 5.63. The van der Waals surface area contributed by atoms with Crippen LogP contribution in [0.4, 0.5) is 5.69 Å². The zero-order chi connectivity index (χ0) is 14.8. The van der Waals surface area contributed by atoms with Gasteiger partial charge in [0.15, 0.2) is 0 Å². The molecule has 0 bridgehead atoms. The van der Waals surface area contributed by atoms with Gasteiger partial charge < -0.3 is 4.74 Å². The first-order valence-corrected chi connectivity index (χ1v) is 9.10. The Morgan fingerprint density at radius 2 is 2.10 bits per heavy atom. The van der Waals surface area contributed by atoms with Crippen LogP contribution in [0.3, 0.4) is 0 Å². The Kier molecular flexibility index (Phi) is 4.95. The molecule has 0 saturated carbocycles. The molecule has 2 aromatic rings. The van der Waals surface area contributed by atoms with Gasteiger partial charge in [-0.05, 0) is 53.2 Å². The van der Waals surface area contributed by atoms with Crippen LogP contribution in [-0.2, 0) is 10.0 Å². The lowest BCUT2D eigenvalue weighted by molar-refractivity contribution is 0.340. The van der Waals surface area contributed by atoms with Crippen molar-refractivity contribution in [2.75, 3.05) is 11.3 Å². The second-order valence-electron chi connectivity index (χ2n) is 3.74. The van der Waals surface area contributed by atoms with Gasteiger partial charge in [0.25, 0.3) is 10.0 Å². The molecule has 20 heavy (non-hydrogen) atoms. The summed E-state index contributed by atoms with van der Waals surface area (Å²) in [5.41, 5.74) is 0.392. The third-order valence-corrected chi connectivity index (χ3v) is 6.09. The van der Waals surface area contributed by atoms with Crippen molar-refractivity contribution < 1.29 is 13.2 Å². The highest BCUT2D eigenvalue weighted by atomic mass is 79.9. The summed E-state index contributed by atoms with van der Waals surface area (Å²) in [6.07, 6.45) is 0. The Hall–Kier alpha value is -0.760. The summed E-state index contributed by atoms with van der Waals surface area (Å²) in [4.78, 5) is 0. The molecule has 2 rings (SSSR count). The molecule has 0 aliphatic carbocycles. The summed E-state index contributed by atoms with van der Waals surface area (Å²) < 4.78 is 33.0. The molecule has 0 amide bonds. The summed E-state index contributed by atoms with van der Waals surface area (Å²) in [5, 5.41) is 0.361. The molecule has 1 heterocycles. The van der Waals surface area contributed by atoms with E-state index in [-0.39, 0.29) is 4.21 Å². The van der Waals surface area contributed by atoms with Crippen LogP contribution < -0.4 is 9.46 Å². The Balaban J connectivity index is 2.24. The van der Waals surface area contributed by atoms with E-state index in [4.69, 9.17) is 16.3 Å². The number of ether oxygens (including phenoxy) is 1.